The Hall–Kier alpha value is -1.55. The number of hydrogen-bond acceptors (Lipinski definition) is 3. The fraction of sp³-hybridized carbons (Fsp3) is 0.562. The number of nitrogen functional groups attached to an aromatic ring is 1. The predicted octanol–water partition coefficient (Wildman–Crippen LogP) is 2.98. The summed E-state index contributed by atoms with van der Waals surface area (Å²) in [5.41, 5.74) is 5.08. The molecule has 0 spiro atoms. The van der Waals surface area contributed by atoms with Crippen LogP contribution in [0.2, 0.25) is 0 Å². The van der Waals surface area contributed by atoms with Gasteiger partial charge >= 0.3 is 0 Å². The number of aryl methyl sites for hydroxylation is 1. The largest absolute Gasteiger partial charge is 0.349 e. The van der Waals surface area contributed by atoms with E-state index in [2.05, 4.69) is 17.7 Å². The maximum absolute atomic E-state index is 12.4. The van der Waals surface area contributed by atoms with E-state index in [1.165, 1.54) is 32.1 Å². The number of carbonyl (C=O) groups is 1. The standard InChI is InChI=1S/C16H25N3O/c1-11-10-14(19-17)8-9-15(11)16(20)18-12(2)13-6-4-3-5-7-13/h8-10,12-13,19H,3-7,17H2,1-2H3,(H,18,20). The van der Waals surface area contributed by atoms with Crippen LogP contribution < -0.4 is 16.6 Å². The monoisotopic (exact) mass is 275 g/mol. The van der Waals surface area contributed by atoms with E-state index in [1.807, 2.05) is 25.1 Å². The minimum absolute atomic E-state index is 0.0177. The maximum Gasteiger partial charge on any atom is 0.251 e. The van der Waals surface area contributed by atoms with Gasteiger partial charge in [0.1, 0.15) is 0 Å². The second-order valence-corrected chi connectivity index (χ2v) is 5.83. The SMILES string of the molecule is Cc1cc(NN)ccc1C(=O)NC(C)C1CCCCC1. The van der Waals surface area contributed by atoms with Crippen LogP contribution in [-0.4, -0.2) is 11.9 Å². The van der Waals surface area contributed by atoms with Gasteiger partial charge in [-0.15, -0.1) is 0 Å². The molecule has 4 heteroatoms. The average molecular weight is 275 g/mol. The molecule has 110 valence electrons. The van der Waals surface area contributed by atoms with Crippen LogP contribution in [0.3, 0.4) is 0 Å². The molecule has 1 aromatic carbocycles. The van der Waals surface area contributed by atoms with Crippen molar-refractivity contribution in [2.24, 2.45) is 11.8 Å². The molecule has 1 aliphatic carbocycles. The van der Waals surface area contributed by atoms with Crippen molar-refractivity contribution in [3.8, 4) is 0 Å². The molecule has 0 aromatic heterocycles. The summed E-state index contributed by atoms with van der Waals surface area (Å²) in [5, 5.41) is 3.15. The molecule has 1 fully saturated rings. The molecule has 1 amide bonds. The fourth-order valence-electron chi connectivity index (χ4n) is 3.04. The second kappa shape index (κ2) is 6.75. The van der Waals surface area contributed by atoms with Crippen LogP contribution >= 0.6 is 0 Å². The van der Waals surface area contributed by atoms with E-state index in [1.54, 1.807) is 0 Å². The van der Waals surface area contributed by atoms with E-state index in [0.29, 0.717) is 5.92 Å². The first-order valence-corrected chi connectivity index (χ1v) is 7.50. The van der Waals surface area contributed by atoms with Crippen molar-refractivity contribution in [2.45, 2.75) is 52.0 Å². The molecule has 1 atom stereocenters. The van der Waals surface area contributed by atoms with Crippen LogP contribution in [-0.2, 0) is 0 Å². The Kier molecular flexibility index (Phi) is 5.01. The van der Waals surface area contributed by atoms with E-state index in [9.17, 15) is 4.79 Å². The zero-order valence-corrected chi connectivity index (χ0v) is 12.4. The van der Waals surface area contributed by atoms with Crippen molar-refractivity contribution >= 4 is 11.6 Å². The second-order valence-electron chi connectivity index (χ2n) is 5.83. The summed E-state index contributed by atoms with van der Waals surface area (Å²) < 4.78 is 0. The summed E-state index contributed by atoms with van der Waals surface area (Å²) >= 11 is 0. The lowest BCUT2D eigenvalue weighted by Gasteiger charge is -2.28. The van der Waals surface area contributed by atoms with Gasteiger partial charge in [0.05, 0.1) is 0 Å². The minimum Gasteiger partial charge on any atom is -0.349 e. The summed E-state index contributed by atoms with van der Waals surface area (Å²) in [6.45, 7) is 4.06. The van der Waals surface area contributed by atoms with Crippen LogP contribution in [0.5, 0.6) is 0 Å². The molecule has 0 heterocycles. The van der Waals surface area contributed by atoms with E-state index in [-0.39, 0.29) is 11.9 Å². The number of nitrogens with one attached hydrogen (secondary N) is 2. The minimum atomic E-state index is 0.0177. The van der Waals surface area contributed by atoms with Gasteiger partial charge in [-0.2, -0.15) is 0 Å². The summed E-state index contributed by atoms with van der Waals surface area (Å²) in [4.78, 5) is 12.4. The maximum atomic E-state index is 12.4. The molecule has 4 nitrogen and oxygen atoms in total. The lowest BCUT2D eigenvalue weighted by molar-refractivity contribution is 0.0918. The van der Waals surface area contributed by atoms with Crippen molar-refractivity contribution in [2.75, 3.05) is 5.43 Å². The highest BCUT2D eigenvalue weighted by atomic mass is 16.1. The van der Waals surface area contributed by atoms with Crippen LogP contribution in [0.25, 0.3) is 0 Å². The van der Waals surface area contributed by atoms with Gasteiger partial charge in [0, 0.05) is 17.3 Å². The highest BCUT2D eigenvalue weighted by Crippen LogP contribution is 2.26. The molecular weight excluding hydrogens is 250 g/mol. The summed E-state index contributed by atoms with van der Waals surface area (Å²) in [5.74, 6) is 6.01. The highest BCUT2D eigenvalue weighted by Gasteiger charge is 2.22. The lowest BCUT2D eigenvalue weighted by Crippen LogP contribution is -2.39. The number of hydrogen-bond donors (Lipinski definition) is 3. The van der Waals surface area contributed by atoms with Gasteiger partial charge in [0.15, 0.2) is 0 Å². The summed E-state index contributed by atoms with van der Waals surface area (Å²) in [6.07, 6.45) is 6.39. The molecule has 20 heavy (non-hydrogen) atoms. The summed E-state index contributed by atoms with van der Waals surface area (Å²) in [6, 6.07) is 5.79. The van der Waals surface area contributed by atoms with Crippen LogP contribution in [0.1, 0.15) is 54.9 Å². The van der Waals surface area contributed by atoms with E-state index in [0.717, 1.165) is 16.8 Å². The molecule has 0 radical (unpaired) electrons. The zero-order valence-electron chi connectivity index (χ0n) is 12.4. The Morgan fingerprint density at radius 3 is 2.60 bits per heavy atom. The Bertz CT molecular complexity index is 467. The van der Waals surface area contributed by atoms with Gasteiger partial charge in [-0.05, 0) is 56.4 Å². The van der Waals surface area contributed by atoms with Gasteiger partial charge in [-0.25, -0.2) is 0 Å². The van der Waals surface area contributed by atoms with E-state index in [4.69, 9.17) is 5.84 Å². The fourth-order valence-corrected chi connectivity index (χ4v) is 3.04. The van der Waals surface area contributed by atoms with Crippen LogP contribution in [0, 0.1) is 12.8 Å². The van der Waals surface area contributed by atoms with Crippen molar-refractivity contribution in [1.82, 2.24) is 5.32 Å². The number of rotatable bonds is 4. The number of nitrogens with two attached hydrogens (primary N) is 1. The van der Waals surface area contributed by atoms with Crippen LogP contribution in [0.15, 0.2) is 18.2 Å². The molecule has 1 aliphatic rings. The Balaban J connectivity index is 2.00. The van der Waals surface area contributed by atoms with Gasteiger partial charge in [-0.3, -0.25) is 10.6 Å². The number of anilines is 1. The lowest BCUT2D eigenvalue weighted by atomic mass is 9.84. The van der Waals surface area contributed by atoms with Gasteiger partial charge in [-0.1, -0.05) is 19.3 Å². The topological polar surface area (TPSA) is 67.1 Å². The first kappa shape index (κ1) is 14.9. The van der Waals surface area contributed by atoms with Crippen molar-refractivity contribution in [3.05, 3.63) is 29.3 Å². The number of amides is 1. The Morgan fingerprint density at radius 2 is 2.00 bits per heavy atom. The van der Waals surface area contributed by atoms with Crippen molar-refractivity contribution < 1.29 is 4.79 Å². The predicted molar refractivity (Wildman–Crippen MR) is 82.5 cm³/mol. The van der Waals surface area contributed by atoms with Crippen LogP contribution in [0.4, 0.5) is 5.69 Å². The smallest absolute Gasteiger partial charge is 0.251 e. The Labute approximate surface area is 121 Å². The molecule has 1 saturated carbocycles. The third-order valence-corrected chi connectivity index (χ3v) is 4.35. The summed E-state index contributed by atoms with van der Waals surface area (Å²) in [7, 11) is 0. The van der Waals surface area contributed by atoms with Gasteiger partial charge < -0.3 is 10.7 Å². The van der Waals surface area contributed by atoms with Crippen molar-refractivity contribution in [3.63, 3.8) is 0 Å². The molecule has 0 saturated heterocycles. The molecule has 1 unspecified atom stereocenters. The first-order chi connectivity index (χ1) is 9.61. The first-order valence-electron chi connectivity index (χ1n) is 7.50. The molecule has 2 rings (SSSR count). The van der Waals surface area contributed by atoms with E-state index >= 15 is 0 Å². The molecule has 0 aliphatic heterocycles. The molecule has 4 N–H and O–H groups in total. The third kappa shape index (κ3) is 3.51. The molecular formula is C16H25N3O. The van der Waals surface area contributed by atoms with E-state index < -0.39 is 0 Å². The Morgan fingerprint density at radius 1 is 1.30 bits per heavy atom. The quantitative estimate of drug-likeness (QED) is 0.584. The number of benzene rings is 1. The molecule has 0 bridgehead atoms. The normalized spacial score (nSPS) is 17.6. The number of hydrazine groups is 1. The third-order valence-electron chi connectivity index (χ3n) is 4.35. The van der Waals surface area contributed by atoms with Crippen molar-refractivity contribution in [1.29, 1.82) is 0 Å². The average Bonchev–Trinajstić information content (AvgIpc) is 2.47. The molecule has 1 aromatic rings. The zero-order chi connectivity index (χ0) is 14.5. The number of carbonyl (C=O) groups excluding carboxylic acids is 1. The van der Waals surface area contributed by atoms with Gasteiger partial charge in [0.25, 0.3) is 5.91 Å². The highest BCUT2D eigenvalue weighted by molar-refractivity contribution is 5.96. The van der Waals surface area contributed by atoms with Gasteiger partial charge in [0.2, 0.25) is 0 Å².